The number of methoxy groups -OCH3 is 2. The van der Waals surface area contributed by atoms with E-state index in [0.717, 1.165) is 98.7 Å². The molecule has 2 aromatic heterocycles. The Morgan fingerprint density at radius 3 is 2.12 bits per heavy atom. The van der Waals surface area contributed by atoms with Crippen LogP contribution >= 0.6 is 0 Å². The van der Waals surface area contributed by atoms with Crippen molar-refractivity contribution in [2.45, 2.75) is 31.7 Å². The van der Waals surface area contributed by atoms with Gasteiger partial charge in [-0.25, -0.2) is 23.1 Å². The van der Waals surface area contributed by atoms with Crippen LogP contribution in [-0.4, -0.2) is 129 Å². The zero-order valence-corrected chi connectivity index (χ0v) is 38.8. The number of benzene rings is 4. The van der Waals surface area contributed by atoms with Crippen LogP contribution in [0.1, 0.15) is 18.4 Å². The van der Waals surface area contributed by atoms with Gasteiger partial charge in [0.05, 0.1) is 55.1 Å². The van der Waals surface area contributed by atoms with Gasteiger partial charge in [-0.1, -0.05) is 0 Å². The molecule has 9 rings (SSSR count). The molecule has 0 amide bonds. The van der Waals surface area contributed by atoms with Crippen molar-refractivity contribution in [2.75, 3.05) is 103 Å². The van der Waals surface area contributed by atoms with Crippen LogP contribution < -0.4 is 44.1 Å². The summed E-state index contributed by atoms with van der Waals surface area (Å²) in [6.07, 6.45) is 0.971. The summed E-state index contributed by atoms with van der Waals surface area (Å²) >= 11 is 0. The van der Waals surface area contributed by atoms with Crippen molar-refractivity contribution in [3.63, 3.8) is 0 Å². The molecule has 0 aliphatic carbocycles. The highest BCUT2D eigenvalue weighted by molar-refractivity contribution is 7.89. The van der Waals surface area contributed by atoms with Crippen molar-refractivity contribution in [2.24, 2.45) is 5.41 Å². The Labute approximate surface area is 386 Å². The third kappa shape index (κ3) is 9.99. The summed E-state index contributed by atoms with van der Waals surface area (Å²) in [7, 11) is 3.74. The molecule has 3 aliphatic rings. The molecule has 16 heteroatoms. The minimum absolute atomic E-state index is 0.0485. The van der Waals surface area contributed by atoms with Crippen molar-refractivity contribution >= 4 is 43.2 Å². The fraction of sp³-hybridized carbons (Fsp3) is 0.400. The highest BCUT2D eigenvalue weighted by atomic mass is 32.2. The minimum Gasteiger partial charge on any atom is -0.497 e. The number of aromatic nitrogens is 2. The maximum absolute atomic E-state index is 12.5. The topological polar surface area (TPSA) is 169 Å². The van der Waals surface area contributed by atoms with Crippen molar-refractivity contribution < 1.29 is 37.2 Å². The van der Waals surface area contributed by atoms with Crippen molar-refractivity contribution in [1.82, 2.24) is 25.3 Å². The van der Waals surface area contributed by atoms with Crippen LogP contribution in [0, 0.1) is 5.41 Å². The van der Waals surface area contributed by atoms with Gasteiger partial charge in [-0.05, 0) is 106 Å². The number of sulfonamides is 1. The molecule has 0 bridgehead atoms. The number of hydrogen-bond donors (Lipinski definition) is 4. The van der Waals surface area contributed by atoms with Gasteiger partial charge in [0.1, 0.15) is 42.3 Å². The number of fused-ring (bicyclic) bond motifs is 2. The van der Waals surface area contributed by atoms with Crippen LogP contribution in [0.5, 0.6) is 23.0 Å². The third-order valence-corrected chi connectivity index (χ3v) is 14.5. The smallest absolute Gasteiger partial charge is 0.212 e. The summed E-state index contributed by atoms with van der Waals surface area (Å²) in [5.74, 6) is 3.02. The van der Waals surface area contributed by atoms with E-state index in [0.29, 0.717) is 57.4 Å². The molecule has 5 heterocycles. The van der Waals surface area contributed by atoms with Crippen molar-refractivity contribution in [3.8, 4) is 45.5 Å². The van der Waals surface area contributed by atoms with Gasteiger partial charge in [0.2, 0.25) is 10.0 Å². The molecular formula is C50H59N7O8S. The van der Waals surface area contributed by atoms with Crippen molar-refractivity contribution in [3.05, 3.63) is 96.6 Å². The Kier molecular flexibility index (Phi) is 13.5. The SMILES string of the molecule is CNCCOc1ccc(-c2cc(N3CCC4(CNS(=O)(=O)C4)C3)c3ccc(OC)cc3n2)cc1COC1CCN(c2cc(-c3ccc(OCC(O)CNC)cc3)nc3cc(OC)ccc23)C1. The maximum Gasteiger partial charge on any atom is 0.212 e. The average Bonchev–Trinajstić information content (AvgIpc) is 4.07. The largest absolute Gasteiger partial charge is 0.497 e. The second kappa shape index (κ2) is 19.6. The molecule has 3 fully saturated rings. The number of anilines is 2. The predicted molar refractivity (Wildman–Crippen MR) is 259 cm³/mol. The Hall–Kier alpha value is -5.75. The van der Waals surface area contributed by atoms with E-state index in [1.807, 2.05) is 73.8 Å². The molecule has 4 N–H and O–H groups in total. The Bertz CT molecular complexity index is 2800. The van der Waals surface area contributed by atoms with Gasteiger partial charge in [-0.2, -0.15) is 0 Å². The fourth-order valence-corrected chi connectivity index (χ4v) is 11.2. The molecule has 3 aliphatic heterocycles. The lowest BCUT2D eigenvalue weighted by molar-refractivity contribution is 0.0539. The highest BCUT2D eigenvalue weighted by Gasteiger charge is 2.47. The number of likely N-dealkylation sites (N-methyl/N-ethyl adjacent to an activating group) is 2. The van der Waals surface area contributed by atoms with Crippen LogP contribution in [-0.2, 0) is 21.4 Å². The van der Waals surface area contributed by atoms with E-state index >= 15 is 0 Å². The molecule has 3 atom stereocenters. The van der Waals surface area contributed by atoms with Crippen LogP contribution in [0.2, 0.25) is 0 Å². The standard InChI is InChI=1S/C50H59N7O8S/c1-51-17-20-63-49-14-7-34(44-25-48(42-13-11-39(62-4)23-46(42)55-44)57-19-16-50(31-57)30-53-66(59,60)32-50)21-35(49)28-64-40-15-18-56(27-40)47-24-43(54-45-22-38(61-3)10-12-41(45)47)33-5-8-37(9-6-33)65-29-36(58)26-52-2/h5-14,21-25,36,40,51-53,58H,15-20,26-32H2,1-4H3. The van der Waals surface area contributed by atoms with Gasteiger partial charge in [0, 0.05) is 102 Å². The maximum atomic E-state index is 12.5. The zero-order valence-electron chi connectivity index (χ0n) is 38.0. The molecule has 0 radical (unpaired) electrons. The van der Waals surface area contributed by atoms with Gasteiger partial charge < -0.3 is 49.2 Å². The molecule has 1 spiro atoms. The Balaban J connectivity index is 0.969. The van der Waals surface area contributed by atoms with Gasteiger partial charge in [0.25, 0.3) is 0 Å². The second-order valence-electron chi connectivity index (χ2n) is 17.6. The van der Waals surface area contributed by atoms with Crippen molar-refractivity contribution in [1.29, 1.82) is 0 Å². The lowest BCUT2D eigenvalue weighted by atomic mass is 9.90. The summed E-state index contributed by atoms with van der Waals surface area (Å²) in [6.45, 7) is 5.50. The van der Waals surface area contributed by atoms with E-state index < -0.39 is 16.1 Å². The molecule has 4 aromatic carbocycles. The van der Waals surface area contributed by atoms with Gasteiger partial charge in [-0.3, -0.25) is 0 Å². The molecule has 3 unspecified atom stereocenters. The first-order valence-corrected chi connectivity index (χ1v) is 24.2. The van der Waals surface area contributed by atoms with E-state index in [-0.39, 0.29) is 23.9 Å². The number of ether oxygens (including phenoxy) is 5. The predicted octanol–water partition coefficient (Wildman–Crippen LogP) is 5.62. The first-order chi connectivity index (χ1) is 32.0. The highest BCUT2D eigenvalue weighted by Crippen LogP contribution is 2.42. The quantitative estimate of drug-likeness (QED) is 0.0785. The number of nitrogens with zero attached hydrogens (tertiary/aromatic N) is 4. The van der Waals surface area contributed by atoms with Gasteiger partial charge in [-0.15, -0.1) is 0 Å². The minimum atomic E-state index is -3.28. The molecular weight excluding hydrogens is 859 g/mol. The van der Waals surface area contributed by atoms with Crippen LogP contribution in [0.4, 0.5) is 11.4 Å². The number of pyridine rings is 2. The first kappa shape index (κ1) is 45.4. The molecule has 66 heavy (non-hydrogen) atoms. The van der Waals surface area contributed by atoms with Crippen LogP contribution in [0.3, 0.4) is 0 Å². The lowest BCUT2D eigenvalue weighted by Gasteiger charge is -2.25. The number of nitrogens with one attached hydrogen (secondary N) is 3. The van der Waals surface area contributed by atoms with Crippen LogP contribution in [0.25, 0.3) is 44.3 Å². The second-order valence-corrected chi connectivity index (χ2v) is 19.4. The Morgan fingerprint density at radius 1 is 0.803 bits per heavy atom. The number of aliphatic hydroxyl groups excluding tert-OH is 1. The zero-order chi connectivity index (χ0) is 45.8. The van der Waals surface area contributed by atoms with E-state index in [2.05, 4.69) is 49.4 Å². The molecule has 3 saturated heterocycles. The number of hydrogen-bond acceptors (Lipinski definition) is 14. The monoisotopic (exact) mass is 917 g/mol. The molecule has 348 valence electrons. The first-order valence-electron chi connectivity index (χ1n) is 22.6. The van der Waals surface area contributed by atoms with E-state index in [1.165, 1.54) is 0 Å². The number of rotatable bonds is 18. The lowest BCUT2D eigenvalue weighted by Crippen LogP contribution is -2.31. The molecule has 0 saturated carbocycles. The summed E-state index contributed by atoms with van der Waals surface area (Å²) in [5.41, 5.74) is 7.80. The molecule has 15 nitrogen and oxygen atoms in total. The van der Waals surface area contributed by atoms with Crippen LogP contribution in [0.15, 0.2) is 91.0 Å². The normalized spacial score (nSPS) is 19.6. The van der Waals surface area contributed by atoms with E-state index in [9.17, 15) is 13.5 Å². The van der Waals surface area contributed by atoms with Gasteiger partial charge in [0.15, 0.2) is 0 Å². The summed E-state index contributed by atoms with van der Waals surface area (Å²) < 4.78 is 57.9. The third-order valence-electron chi connectivity index (χ3n) is 12.9. The van der Waals surface area contributed by atoms with E-state index in [4.69, 9.17) is 33.7 Å². The molecule has 6 aromatic rings. The van der Waals surface area contributed by atoms with Gasteiger partial charge >= 0.3 is 0 Å². The number of aliphatic hydroxyl groups is 1. The summed E-state index contributed by atoms with van der Waals surface area (Å²) in [5, 5.41) is 18.3. The summed E-state index contributed by atoms with van der Waals surface area (Å²) in [6, 6.07) is 30.2. The average molecular weight is 918 g/mol. The fourth-order valence-electron chi connectivity index (χ4n) is 9.38. The Morgan fingerprint density at radius 2 is 1.47 bits per heavy atom. The summed E-state index contributed by atoms with van der Waals surface area (Å²) in [4.78, 5) is 14.9. The van der Waals surface area contributed by atoms with E-state index in [1.54, 1.807) is 21.3 Å².